The topological polar surface area (TPSA) is 58.2 Å². The van der Waals surface area contributed by atoms with Gasteiger partial charge in [-0.15, -0.1) is 0 Å². The fraction of sp³-hybridized carbons (Fsp3) is 0.500. The van der Waals surface area contributed by atoms with Crippen molar-refractivity contribution in [3.05, 3.63) is 29.8 Å². The minimum absolute atomic E-state index is 0.0829. The second-order valence-corrected chi connectivity index (χ2v) is 6.19. The van der Waals surface area contributed by atoms with Crippen molar-refractivity contribution in [2.45, 2.75) is 26.8 Å². The van der Waals surface area contributed by atoms with Gasteiger partial charge >= 0.3 is 0 Å². The molecule has 0 aliphatic carbocycles. The number of hydrogen-bond donors (Lipinski definition) is 2. The minimum Gasteiger partial charge on any atom is -0.313 e. The summed E-state index contributed by atoms with van der Waals surface area (Å²) in [6.45, 7) is 6.31. The van der Waals surface area contributed by atoms with Crippen molar-refractivity contribution in [3.63, 3.8) is 0 Å². The largest absolute Gasteiger partial charge is 0.313 e. The molecule has 1 rings (SSSR count). The van der Waals surface area contributed by atoms with Gasteiger partial charge in [-0.1, -0.05) is 32.0 Å². The summed E-state index contributed by atoms with van der Waals surface area (Å²) in [7, 11) is -3.27. The van der Waals surface area contributed by atoms with Crippen LogP contribution in [0.25, 0.3) is 0 Å². The lowest BCUT2D eigenvalue weighted by atomic mass is 10.2. The summed E-state index contributed by atoms with van der Waals surface area (Å²) < 4.78 is 26.2. The van der Waals surface area contributed by atoms with E-state index in [9.17, 15) is 8.42 Å². The van der Waals surface area contributed by atoms with Crippen LogP contribution in [0.15, 0.2) is 24.3 Å². The Bertz CT molecular complexity index is 455. The number of benzene rings is 1. The normalized spacial score (nSPS) is 11.8. The van der Waals surface area contributed by atoms with Crippen LogP contribution in [-0.2, 0) is 10.0 Å². The molecule has 0 amide bonds. The highest BCUT2D eigenvalue weighted by Crippen LogP contribution is 2.14. The second-order valence-electron chi connectivity index (χ2n) is 4.34. The lowest BCUT2D eigenvalue weighted by Gasteiger charge is -2.11. The molecule has 1 aromatic rings. The van der Waals surface area contributed by atoms with Gasteiger partial charge in [0.15, 0.2) is 0 Å². The Kier molecular flexibility index (Phi) is 4.96. The number of rotatable bonds is 6. The third kappa shape index (κ3) is 5.19. The van der Waals surface area contributed by atoms with E-state index in [4.69, 9.17) is 0 Å². The average molecular weight is 256 g/mol. The van der Waals surface area contributed by atoms with E-state index in [1.165, 1.54) is 0 Å². The molecule has 0 bridgehead atoms. The van der Waals surface area contributed by atoms with E-state index in [1.54, 1.807) is 6.07 Å². The number of nitrogens with one attached hydrogen (secondary N) is 2. The first-order valence-corrected chi connectivity index (χ1v) is 7.35. The third-order valence-electron chi connectivity index (χ3n) is 2.33. The Labute approximate surface area is 103 Å². The highest BCUT2D eigenvalue weighted by molar-refractivity contribution is 7.92. The molecule has 17 heavy (non-hydrogen) atoms. The van der Waals surface area contributed by atoms with Gasteiger partial charge in [0.25, 0.3) is 0 Å². The van der Waals surface area contributed by atoms with E-state index >= 15 is 0 Å². The van der Waals surface area contributed by atoms with Crippen LogP contribution in [0.5, 0.6) is 0 Å². The Morgan fingerprint density at radius 1 is 1.24 bits per heavy atom. The standard InChI is InChI=1S/C12H20N2O2S/c1-10(2)13-8-9-17(15,16)14-12-7-5-4-6-11(12)3/h4-7,10,13-14H,8-9H2,1-3H3. The van der Waals surface area contributed by atoms with Crippen LogP contribution in [0.2, 0.25) is 0 Å². The van der Waals surface area contributed by atoms with Crippen LogP contribution in [0.3, 0.4) is 0 Å². The van der Waals surface area contributed by atoms with E-state index in [2.05, 4.69) is 10.0 Å². The molecule has 0 radical (unpaired) electrons. The Morgan fingerprint density at radius 3 is 2.47 bits per heavy atom. The first kappa shape index (κ1) is 14.0. The monoisotopic (exact) mass is 256 g/mol. The van der Waals surface area contributed by atoms with Crippen molar-refractivity contribution in [1.82, 2.24) is 5.32 Å². The van der Waals surface area contributed by atoms with Crippen LogP contribution in [0.4, 0.5) is 5.69 Å². The number of aryl methyl sites for hydroxylation is 1. The van der Waals surface area contributed by atoms with E-state index in [-0.39, 0.29) is 5.75 Å². The summed E-state index contributed by atoms with van der Waals surface area (Å²) in [6.07, 6.45) is 0. The van der Waals surface area contributed by atoms with E-state index in [1.807, 2.05) is 39.0 Å². The van der Waals surface area contributed by atoms with Gasteiger partial charge in [0.1, 0.15) is 0 Å². The smallest absolute Gasteiger partial charge is 0.233 e. The second kappa shape index (κ2) is 6.02. The fourth-order valence-electron chi connectivity index (χ4n) is 1.39. The van der Waals surface area contributed by atoms with Crippen molar-refractivity contribution >= 4 is 15.7 Å². The van der Waals surface area contributed by atoms with Gasteiger partial charge in [0.05, 0.1) is 11.4 Å². The molecule has 0 saturated carbocycles. The highest BCUT2D eigenvalue weighted by Gasteiger charge is 2.11. The maximum Gasteiger partial charge on any atom is 0.233 e. The van der Waals surface area contributed by atoms with Crippen LogP contribution in [0.1, 0.15) is 19.4 Å². The molecular weight excluding hydrogens is 236 g/mol. The zero-order valence-electron chi connectivity index (χ0n) is 10.5. The number of hydrogen-bond acceptors (Lipinski definition) is 3. The highest BCUT2D eigenvalue weighted by atomic mass is 32.2. The van der Waals surface area contributed by atoms with E-state index < -0.39 is 10.0 Å². The van der Waals surface area contributed by atoms with Crippen LogP contribution >= 0.6 is 0 Å². The molecule has 0 spiro atoms. The molecule has 0 atom stereocenters. The fourth-order valence-corrected chi connectivity index (χ4v) is 2.44. The third-order valence-corrected chi connectivity index (χ3v) is 3.61. The van der Waals surface area contributed by atoms with E-state index in [0.717, 1.165) is 5.56 Å². The first-order chi connectivity index (χ1) is 7.91. The maximum absolute atomic E-state index is 11.8. The van der Waals surface area contributed by atoms with Gasteiger partial charge in [-0.2, -0.15) is 0 Å². The van der Waals surface area contributed by atoms with Crippen molar-refractivity contribution in [1.29, 1.82) is 0 Å². The molecule has 0 unspecified atom stereocenters. The zero-order chi connectivity index (χ0) is 12.9. The van der Waals surface area contributed by atoms with Crippen molar-refractivity contribution in [2.24, 2.45) is 0 Å². The molecule has 0 aromatic heterocycles. The Morgan fingerprint density at radius 2 is 1.88 bits per heavy atom. The molecule has 4 nitrogen and oxygen atoms in total. The van der Waals surface area contributed by atoms with Gasteiger partial charge in [-0.3, -0.25) is 4.72 Å². The van der Waals surface area contributed by atoms with Crippen LogP contribution < -0.4 is 10.0 Å². The van der Waals surface area contributed by atoms with Gasteiger partial charge in [-0.25, -0.2) is 8.42 Å². The summed E-state index contributed by atoms with van der Waals surface area (Å²) in [5.41, 5.74) is 1.57. The molecule has 96 valence electrons. The lowest BCUT2D eigenvalue weighted by Crippen LogP contribution is -2.31. The first-order valence-electron chi connectivity index (χ1n) is 5.70. The summed E-state index contributed by atoms with van der Waals surface area (Å²) in [4.78, 5) is 0. The zero-order valence-corrected chi connectivity index (χ0v) is 11.3. The van der Waals surface area contributed by atoms with Crippen molar-refractivity contribution in [3.8, 4) is 0 Å². The summed E-state index contributed by atoms with van der Waals surface area (Å²) >= 11 is 0. The minimum atomic E-state index is -3.27. The van der Waals surface area contributed by atoms with Crippen molar-refractivity contribution in [2.75, 3.05) is 17.0 Å². The summed E-state index contributed by atoms with van der Waals surface area (Å²) in [5.74, 6) is 0.0829. The predicted octanol–water partition coefficient (Wildman–Crippen LogP) is 1.73. The van der Waals surface area contributed by atoms with Gasteiger partial charge in [-0.05, 0) is 18.6 Å². The van der Waals surface area contributed by atoms with Crippen LogP contribution in [0, 0.1) is 6.92 Å². The summed E-state index contributed by atoms with van der Waals surface area (Å²) in [5, 5.41) is 3.08. The van der Waals surface area contributed by atoms with Gasteiger partial charge < -0.3 is 5.32 Å². The molecule has 5 heteroatoms. The molecule has 0 fully saturated rings. The lowest BCUT2D eigenvalue weighted by molar-refractivity contribution is 0.582. The molecular formula is C12H20N2O2S. The number of para-hydroxylation sites is 1. The molecule has 0 aliphatic heterocycles. The Hall–Kier alpha value is -1.07. The molecule has 0 heterocycles. The molecule has 0 saturated heterocycles. The quantitative estimate of drug-likeness (QED) is 0.815. The molecule has 1 aromatic carbocycles. The van der Waals surface area contributed by atoms with Gasteiger partial charge in [0.2, 0.25) is 10.0 Å². The van der Waals surface area contributed by atoms with Crippen molar-refractivity contribution < 1.29 is 8.42 Å². The molecule has 0 aliphatic rings. The molecule has 2 N–H and O–H groups in total. The number of anilines is 1. The summed E-state index contributed by atoms with van der Waals surface area (Å²) in [6, 6.07) is 7.64. The number of sulfonamides is 1. The average Bonchev–Trinajstić information content (AvgIpc) is 2.20. The maximum atomic E-state index is 11.8. The SMILES string of the molecule is Cc1ccccc1NS(=O)(=O)CCNC(C)C. The predicted molar refractivity (Wildman–Crippen MR) is 71.7 cm³/mol. The van der Waals surface area contributed by atoms with Crippen LogP contribution in [-0.4, -0.2) is 26.8 Å². The Balaban J connectivity index is 2.58. The van der Waals surface area contributed by atoms with E-state index in [0.29, 0.717) is 18.3 Å². The van der Waals surface area contributed by atoms with Gasteiger partial charge in [0, 0.05) is 12.6 Å².